The smallest absolute Gasteiger partial charge is 0.0319 e. The summed E-state index contributed by atoms with van der Waals surface area (Å²) in [4.78, 5) is 0. The van der Waals surface area contributed by atoms with E-state index in [1.54, 1.807) is 0 Å². The molecule has 1 N–H and O–H groups in total. The van der Waals surface area contributed by atoms with Crippen molar-refractivity contribution in [3.8, 4) is 0 Å². The average Bonchev–Trinajstić information content (AvgIpc) is 1.97. The molecule has 0 amide bonds. The zero-order valence-corrected chi connectivity index (χ0v) is 7.73. The molecule has 0 radical (unpaired) electrons. The zero-order chi connectivity index (χ0) is 8.28. The lowest BCUT2D eigenvalue weighted by molar-refractivity contribution is 0.399. The van der Waals surface area contributed by atoms with Gasteiger partial charge in [-0.15, -0.1) is 0 Å². The maximum Gasteiger partial charge on any atom is 0.0319 e. The third kappa shape index (κ3) is 73.6. The Morgan fingerprint density at radius 3 is 1.22 bits per heavy atom. The summed E-state index contributed by atoms with van der Waals surface area (Å²) in [5.74, 6) is 0.884. The van der Waals surface area contributed by atoms with Crippen LogP contribution in [-0.2, 0) is 0 Å². The molecule has 60 valence electrons. The molecular weight excluding hydrogens is 112 g/mol. The normalized spacial score (nSPS) is 6.67. The first-order valence-corrected chi connectivity index (χ1v) is 3.72. The Labute approximate surface area is 60.1 Å². The molecule has 0 spiro atoms. The van der Waals surface area contributed by atoms with Crippen LogP contribution in [0.1, 0.15) is 41.0 Å². The molecule has 1 heteroatoms. The van der Waals surface area contributed by atoms with Gasteiger partial charge in [0, 0.05) is 7.11 Å². The zero-order valence-electron chi connectivity index (χ0n) is 7.73. The fourth-order valence-electron chi connectivity index (χ4n) is 0. The Morgan fingerprint density at radius 1 is 1.11 bits per heavy atom. The molecule has 0 aliphatic heterocycles. The summed E-state index contributed by atoms with van der Waals surface area (Å²) < 4.78 is 0. The van der Waals surface area contributed by atoms with Gasteiger partial charge in [-0.25, -0.2) is 0 Å². The number of aliphatic hydroxyl groups excluding tert-OH is 1. The molecule has 0 aromatic heterocycles. The lowest BCUT2D eigenvalue weighted by atomic mass is 10.2. The molecule has 0 aromatic carbocycles. The van der Waals surface area contributed by atoms with E-state index in [9.17, 15) is 0 Å². The van der Waals surface area contributed by atoms with E-state index in [1.807, 2.05) is 13.8 Å². The van der Waals surface area contributed by atoms with Gasteiger partial charge >= 0.3 is 0 Å². The van der Waals surface area contributed by atoms with Gasteiger partial charge in [0.2, 0.25) is 0 Å². The quantitative estimate of drug-likeness (QED) is 0.584. The lowest BCUT2D eigenvalue weighted by Gasteiger charge is -1.90. The summed E-state index contributed by atoms with van der Waals surface area (Å²) in [6, 6.07) is 0. The summed E-state index contributed by atoms with van der Waals surface area (Å²) in [7, 11) is 1.00. The van der Waals surface area contributed by atoms with Crippen molar-refractivity contribution in [3.63, 3.8) is 0 Å². The summed E-state index contributed by atoms with van der Waals surface area (Å²) in [6.07, 6.45) is 1.31. The van der Waals surface area contributed by atoms with Gasteiger partial charge in [0.15, 0.2) is 0 Å². The van der Waals surface area contributed by atoms with Gasteiger partial charge in [0.25, 0.3) is 0 Å². The van der Waals surface area contributed by atoms with E-state index in [0.717, 1.165) is 13.0 Å². The maximum absolute atomic E-state index is 7.00. The van der Waals surface area contributed by atoms with E-state index < -0.39 is 0 Å². The van der Waals surface area contributed by atoms with Crippen molar-refractivity contribution >= 4 is 0 Å². The molecule has 0 fully saturated rings. The van der Waals surface area contributed by atoms with Crippen LogP contribution in [0.4, 0.5) is 0 Å². The van der Waals surface area contributed by atoms with Gasteiger partial charge in [-0.1, -0.05) is 41.0 Å². The number of rotatable bonds is 1. The first-order chi connectivity index (χ1) is 4.27. The highest BCUT2D eigenvalue weighted by Crippen LogP contribution is 1.93. The standard InChI is InChI=1S/C5H12.C2H6.CH4O/c1-4-5(2)3;2*1-2/h5H,4H2,1-3H3;1-2H3;2H,1H3. The van der Waals surface area contributed by atoms with E-state index in [4.69, 9.17) is 5.11 Å². The van der Waals surface area contributed by atoms with Gasteiger partial charge in [-0.3, -0.25) is 0 Å². The third-order valence-corrected chi connectivity index (χ3v) is 0.816. The lowest BCUT2D eigenvalue weighted by Crippen LogP contribution is -1.77. The second kappa shape index (κ2) is 24.6. The highest BCUT2D eigenvalue weighted by Gasteiger charge is 1.80. The van der Waals surface area contributed by atoms with Gasteiger partial charge < -0.3 is 5.11 Å². The molecule has 1 nitrogen and oxygen atoms in total. The molecule has 0 heterocycles. The van der Waals surface area contributed by atoms with Crippen molar-refractivity contribution in [2.75, 3.05) is 7.11 Å². The fraction of sp³-hybridized carbons (Fsp3) is 1.00. The van der Waals surface area contributed by atoms with Crippen molar-refractivity contribution < 1.29 is 5.11 Å². The molecular formula is C8H22O. The molecule has 0 bridgehead atoms. The summed E-state index contributed by atoms with van der Waals surface area (Å²) in [5, 5.41) is 7.00. The minimum atomic E-state index is 0.884. The van der Waals surface area contributed by atoms with Crippen molar-refractivity contribution in [1.82, 2.24) is 0 Å². The van der Waals surface area contributed by atoms with Crippen LogP contribution in [-0.4, -0.2) is 12.2 Å². The average molecular weight is 134 g/mol. The first-order valence-electron chi connectivity index (χ1n) is 3.72. The predicted octanol–water partition coefficient (Wildman–Crippen LogP) is 2.69. The highest BCUT2D eigenvalue weighted by molar-refractivity contribution is 4.32. The second-order valence-corrected chi connectivity index (χ2v) is 1.80. The number of hydrogen-bond acceptors (Lipinski definition) is 1. The minimum Gasteiger partial charge on any atom is -0.400 e. The molecule has 0 saturated carbocycles. The predicted molar refractivity (Wildman–Crippen MR) is 44.6 cm³/mol. The van der Waals surface area contributed by atoms with Crippen LogP contribution < -0.4 is 0 Å². The molecule has 0 atom stereocenters. The Hall–Kier alpha value is -0.0400. The molecule has 0 unspecified atom stereocenters. The Bertz CT molecular complexity index is 18.5. The molecule has 0 aliphatic rings. The van der Waals surface area contributed by atoms with Crippen LogP contribution in [0.15, 0.2) is 0 Å². The van der Waals surface area contributed by atoms with E-state index in [2.05, 4.69) is 20.8 Å². The molecule has 0 aliphatic carbocycles. The van der Waals surface area contributed by atoms with Crippen LogP contribution in [0.25, 0.3) is 0 Å². The van der Waals surface area contributed by atoms with Crippen LogP contribution in [0.3, 0.4) is 0 Å². The largest absolute Gasteiger partial charge is 0.400 e. The molecule has 0 saturated heterocycles. The van der Waals surface area contributed by atoms with Crippen LogP contribution in [0.2, 0.25) is 0 Å². The van der Waals surface area contributed by atoms with E-state index >= 15 is 0 Å². The van der Waals surface area contributed by atoms with Crippen LogP contribution in [0, 0.1) is 5.92 Å². The van der Waals surface area contributed by atoms with E-state index in [-0.39, 0.29) is 0 Å². The van der Waals surface area contributed by atoms with E-state index in [0.29, 0.717) is 0 Å². The van der Waals surface area contributed by atoms with Gasteiger partial charge in [-0.05, 0) is 5.92 Å². The Balaban J connectivity index is -0.0000000771. The fourth-order valence-corrected chi connectivity index (χ4v) is 0. The van der Waals surface area contributed by atoms with Crippen LogP contribution >= 0.6 is 0 Å². The number of aliphatic hydroxyl groups is 1. The SMILES string of the molecule is CC.CCC(C)C.CO. The van der Waals surface area contributed by atoms with Crippen molar-refractivity contribution in [2.24, 2.45) is 5.92 Å². The maximum atomic E-state index is 7.00. The summed E-state index contributed by atoms with van der Waals surface area (Å²) >= 11 is 0. The third-order valence-electron chi connectivity index (χ3n) is 0.816. The van der Waals surface area contributed by atoms with Crippen molar-refractivity contribution in [1.29, 1.82) is 0 Å². The summed E-state index contributed by atoms with van der Waals surface area (Å²) in [6.45, 7) is 10.6. The second-order valence-electron chi connectivity index (χ2n) is 1.80. The first kappa shape index (κ1) is 16.0. The minimum absolute atomic E-state index is 0.884. The summed E-state index contributed by atoms with van der Waals surface area (Å²) in [5.41, 5.74) is 0. The Morgan fingerprint density at radius 2 is 1.22 bits per heavy atom. The van der Waals surface area contributed by atoms with E-state index in [1.165, 1.54) is 6.42 Å². The van der Waals surface area contributed by atoms with Gasteiger partial charge in [-0.2, -0.15) is 0 Å². The highest BCUT2D eigenvalue weighted by atomic mass is 16.2. The Kier molecular flexibility index (Phi) is 43.7. The van der Waals surface area contributed by atoms with Crippen molar-refractivity contribution in [3.05, 3.63) is 0 Å². The topological polar surface area (TPSA) is 20.2 Å². The van der Waals surface area contributed by atoms with Gasteiger partial charge in [0.05, 0.1) is 0 Å². The molecule has 0 aromatic rings. The monoisotopic (exact) mass is 134 g/mol. The molecule has 0 rings (SSSR count). The van der Waals surface area contributed by atoms with Crippen LogP contribution in [0.5, 0.6) is 0 Å². The molecule has 9 heavy (non-hydrogen) atoms. The number of hydrogen-bond donors (Lipinski definition) is 1. The van der Waals surface area contributed by atoms with Gasteiger partial charge in [0.1, 0.15) is 0 Å². The van der Waals surface area contributed by atoms with Crippen molar-refractivity contribution in [2.45, 2.75) is 41.0 Å².